The van der Waals surface area contributed by atoms with Crippen molar-refractivity contribution in [1.29, 1.82) is 0 Å². The molecule has 0 heterocycles. The molecule has 0 amide bonds. The maximum Gasteiger partial charge on any atom is 0.0707 e. The molecule has 0 aliphatic heterocycles. The first kappa shape index (κ1) is 8.31. The average molecular weight is 166 g/mol. The van der Waals surface area contributed by atoms with E-state index >= 15 is 0 Å². The molecule has 1 unspecified atom stereocenters. The summed E-state index contributed by atoms with van der Waals surface area (Å²) in [5, 5.41) is 0. The van der Waals surface area contributed by atoms with Gasteiger partial charge >= 0.3 is 0 Å². The van der Waals surface area contributed by atoms with Crippen molar-refractivity contribution in [2.24, 2.45) is 11.8 Å². The minimum absolute atomic E-state index is 0.0253. The van der Waals surface area contributed by atoms with E-state index in [2.05, 4.69) is 32.9 Å². The van der Waals surface area contributed by atoms with Crippen molar-refractivity contribution < 1.29 is 4.74 Å². The third kappa shape index (κ3) is 1.42. The summed E-state index contributed by atoms with van der Waals surface area (Å²) in [6.45, 7) is 6.43. The van der Waals surface area contributed by atoms with Crippen LogP contribution in [-0.2, 0) is 4.74 Å². The maximum absolute atomic E-state index is 6.02. The summed E-state index contributed by atoms with van der Waals surface area (Å²) in [7, 11) is 0. The highest BCUT2D eigenvalue weighted by molar-refractivity contribution is 5.13. The van der Waals surface area contributed by atoms with Crippen LogP contribution in [0.4, 0.5) is 0 Å². The van der Waals surface area contributed by atoms with Gasteiger partial charge in [0.05, 0.1) is 11.7 Å². The summed E-state index contributed by atoms with van der Waals surface area (Å²) in [5.74, 6) is 1.43. The Balaban J connectivity index is 2.00. The van der Waals surface area contributed by atoms with E-state index in [4.69, 9.17) is 4.74 Å². The molecule has 0 aromatic rings. The quantitative estimate of drug-likeness (QED) is 0.544. The molecule has 3 atom stereocenters. The minimum atomic E-state index is 0.0253. The molecule has 1 heteroatoms. The van der Waals surface area contributed by atoms with Crippen LogP contribution in [0.25, 0.3) is 0 Å². The van der Waals surface area contributed by atoms with Gasteiger partial charge in [0.2, 0.25) is 0 Å². The van der Waals surface area contributed by atoms with Gasteiger partial charge in [-0.2, -0.15) is 0 Å². The molecule has 0 saturated heterocycles. The van der Waals surface area contributed by atoms with E-state index in [1.165, 1.54) is 12.8 Å². The first-order valence-electron chi connectivity index (χ1n) is 4.92. The molecule has 2 rings (SSSR count). The predicted molar refractivity (Wildman–Crippen MR) is 50.0 cm³/mol. The van der Waals surface area contributed by atoms with Crippen molar-refractivity contribution >= 4 is 0 Å². The van der Waals surface area contributed by atoms with Crippen LogP contribution >= 0.6 is 0 Å². The van der Waals surface area contributed by atoms with Gasteiger partial charge in [-0.15, -0.1) is 0 Å². The van der Waals surface area contributed by atoms with Gasteiger partial charge in [0.1, 0.15) is 0 Å². The number of hydrogen-bond donors (Lipinski definition) is 0. The standard InChI is InChI=1S/C11H18O/c1-11(2,3)12-10-8-4-5-9(10)7-6-8/h4-5,8-10H,6-7H2,1-3H3/t8-,9+,10?. The van der Waals surface area contributed by atoms with Gasteiger partial charge in [0.25, 0.3) is 0 Å². The molecule has 1 saturated carbocycles. The van der Waals surface area contributed by atoms with E-state index in [0.717, 1.165) is 0 Å². The Morgan fingerprint density at radius 2 is 1.58 bits per heavy atom. The van der Waals surface area contributed by atoms with Crippen LogP contribution in [0.2, 0.25) is 0 Å². The highest BCUT2D eigenvalue weighted by atomic mass is 16.5. The van der Waals surface area contributed by atoms with Gasteiger partial charge in [-0.25, -0.2) is 0 Å². The van der Waals surface area contributed by atoms with Crippen molar-refractivity contribution in [3.63, 3.8) is 0 Å². The van der Waals surface area contributed by atoms with E-state index in [0.29, 0.717) is 17.9 Å². The van der Waals surface area contributed by atoms with Gasteiger partial charge < -0.3 is 4.74 Å². The zero-order chi connectivity index (χ0) is 8.77. The summed E-state index contributed by atoms with van der Waals surface area (Å²) in [5.41, 5.74) is 0.0253. The molecule has 2 bridgehead atoms. The Morgan fingerprint density at radius 1 is 1.08 bits per heavy atom. The highest BCUT2D eigenvalue weighted by Gasteiger charge is 2.40. The minimum Gasteiger partial charge on any atom is -0.371 e. The number of fused-ring (bicyclic) bond motifs is 2. The van der Waals surface area contributed by atoms with Crippen molar-refractivity contribution in [3.8, 4) is 0 Å². The van der Waals surface area contributed by atoms with E-state index in [-0.39, 0.29) is 5.60 Å². The van der Waals surface area contributed by atoms with Crippen LogP contribution in [0.15, 0.2) is 12.2 Å². The summed E-state index contributed by atoms with van der Waals surface area (Å²) in [4.78, 5) is 0. The second-order valence-corrected chi connectivity index (χ2v) is 4.98. The molecule has 2 aliphatic rings. The van der Waals surface area contributed by atoms with Crippen LogP contribution in [0.3, 0.4) is 0 Å². The third-order valence-corrected chi connectivity index (χ3v) is 2.77. The molecular weight excluding hydrogens is 148 g/mol. The third-order valence-electron chi connectivity index (χ3n) is 2.77. The van der Waals surface area contributed by atoms with Crippen LogP contribution < -0.4 is 0 Å². The maximum atomic E-state index is 6.02. The molecule has 12 heavy (non-hydrogen) atoms. The predicted octanol–water partition coefficient (Wildman–Crippen LogP) is 2.77. The first-order valence-corrected chi connectivity index (χ1v) is 4.92. The molecule has 1 fully saturated rings. The Bertz CT molecular complexity index is 186. The van der Waals surface area contributed by atoms with Crippen molar-refractivity contribution in [2.45, 2.75) is 45.3 Å². The Morgan fingerprint density at radius 3 is 1.92 bits per heavy atom. The lowest BCUT2D eigenvalue weighted by Crippen LogP contribution is -2.30. The van der Waals surface area contributed by atoms with Crippen molar-refractivity contribution in [1.82, 2.24) is 0 Å². The van der Waals surface area contributed by atoms with E-state index in [1.54, 1.807) is 0 Å². The lowest BCUT2D eigenvalue weighted by molar-refractivity contribution is -0.0753. The van der Waals surface area contributed by atoms with Gasteiger partial charge in [0, 0.05) is 11.8 Å². The highest BCUT2D eigenvalue weighted by Crippen LogP contribution is 2.42. The molecule has 68 valence electrons. The zero-order valence-corrected chi connectivity index (χ0v) is 8.21. The fraction of sp³-hybridized carbons (Fsp3) is 0.818. The van der Waals surface area contributed by atoms with Gasteiger partial charge in [-0.05, 0) is 33.6 Å². The van der Waals surface area contributed by atoms with Crippen LogP contribution in [-0.4, -0.2) is 11.7 Å². The van der Waals surface area contributed by atoms with Crippen LogP contribution in [0.1, 0.15) is 33.6 Å². The lowest BCUT2D eigenvalue weighted by Gasteiger charge is -2.27. The fourth-order valence-corrected chi connectivity index (χ4v) is 2.31. The molecule has 2 aliphatic carbocycles. The van der Waals surface area contributed by atoms with E-state index < -0.39 is 0 Å². The molecule has 1 nitrogen and oxygen atoms in total. The second kappa shape index (κ2) is 2.59. The molecule has 0 N–H and O–H groups in total. The zero-order valence-electron chi connectivity index (χ0n) is 8.21. The fourth-order valence-electron chi connectivity index (χ4n) is 2.31. The Hall–Kier alpha value is -0.300. The summed E-state index contributed by atoms with van der Waals surface area (Å²) in [6, 6.07) is 0. The molecule has 0 radical (unpaired) electrons. The Labute approximate surface area is 74.8 Å². The molecule has 0 aromatic carbocycles. The number of rotatable bonds is 1. The number of ether oxygens (including phenoxy) is 1. The molecule has 0 aromatic heterocycles. The van der Waals surface area contributed by atoms with Gasteiger partial charge in [-0.3, -0.25) is 0 Å². The van der Waals surface area contributed by atoms with E-state index in [9.17, 15) is 0 Å². The summed E-state index contributed by atoms with van der Waals surface area (Å²) in [6.07, 6.45) is 7.84. The molecule has 0 spiro atoms. The molecular formula is C11H18O. The SMILES string of the molecule is CC(C)(C)OC1[C@@H]2C=C[C@H]1CC2. The van der Waals surface area contributed by atoms with E-state index in [1.807, 2.05) is 0 Å². The lowest BCUT2D eigenvalue weighted by atomic mass is 10.1. The smallest absolute Gasteiger partial charge is 0.0707 e. The normalized spacial score (nSPS) is 39.4. The number of hydrogen-bond acceptors (Lipinski definition) is 1. The average Bonchev–Trinajstić information content (AvgIpc) is 2.46. The second-order valence-electron chi connectivity index (χ2n) is 4.98. The van der Waals surface area contributed by atoms with Crippen molar-refractivity contribution in [3.05, 3.63) is 12.2 Å². The van der Waals surface area contributed by atoms with Crippen LogP contribution in [0.5, 0.6) is 0 Å². The largest absolute Gasteiger partial charge is 0.371 e. The van der Waals surface area contributed by atoms with Crippen molar-refractivity contribution in [2.75, 3.05) is 0 Å². The summed E-state index contributed by atoms with van der Waals surface area (Å²) >= 11 is 0. The van der Waals surface area contributed by atoms with Crippen LogP contribution in [0, 0.1) is 11.8 Å². The monoisotopic (exact) mass is 166 g/mol. The first-order chi connectivity index (χ1) is 5.56. The topological polar surface area (TPSA) is 9.23 Å². The van der Waals surface area contributed by atoms with Gasteiger partial charge in [0.15, 0.2) is 0 Å². The Kier molecular flexibility index (Phi) is 1.80. The van der Waals surface area contributed by atoms with Gasteiger partial charge in [-0.1, -0.05) is 12.2 Å². The summed E-state index contributed by atoms with van der Waals surface area (Å²) < 4.78 is 6.02.